The fourth-order valence-electron chi connectivity index (χ4n) is 3.21. The van der Waals surface area contributed by atoms with Crippen molar-refractivity contribution in [3.05, 3.63) is 53.7 Å². The zero-order valence-electron chi connectivity index (χ0n) is 16.4. The van der Waals surface area contributed by atoms with Crippen LogP contribution in [0, 0.1) is 0 Å². The number of methoxy groups -OCH3 is 1. The van der Waals surface area contributed by atoms with Crippen molar-refractivity contribution in [1.82, 2.24) is 15.3 Å². The van der Waals surface area contributed by atoms with Crippen molar-refractivity contribution < 1.29 is 9.53 Å². The third kappa shape index (κ3) is 5.89. The van der Waals surface area contributed by atoms with Crippen LogP contribution in [0.15, 0.2) is 48.0 Å². The second-order valence-corrected chi connectivity index (χ2v) is 6.86. The molecule has 148 valence electrons. The molecule has 3 rings (SSSR count). The summed E-state index contributed by atoms with van der Waals surface area (Å²) in [5, 5.41) is 6.19. The summed E-state index contributed by atoms with van der Waals surface area (Å²) in [4.78, 5) is 21.7. The Balaban J connectivity index is 1.71. The molecule has 1 amide bonds. The number of nitrogens with zero attached hydrogens (tertiary/aromatic N) is 2. The van der Waals surface area contributed by atoms with E-state index in [1.165, 1.54) is 18.4 Å². The topological polar surface area (TPSA) is 76.1 Å². The molecule has 1 heterocycles. The molecule has 2 aromatic rings. The number of hydrogen-bond donors (Lipinski definition) is 2. The third-order valence-corrected chi connectivity index (χ3v) is 4.72. The van der Waals surface area contributed by atoms with E-state index in [9.17, 15) is 4.79 Å². The van der Waals surface area contributed by atoms with Crippen LogP contribution >= 0.6 is 0 Å². The lowest BCUT2D eigenvalue weighted by atomic mass is 9.97. The van der Waals surface area contributed by atoms with E-state index in [2.05, 4.69) is 26.7 Å². The molecule has 1 aliphatic rings. The molecule has 1 aromatic carbocycles. The molecule has 0 atom stereocenters. The highest BCUT2D eigenvalue weighted by Gasteiger charge is 2.13. The van der Waals surface area contributed by atoms with E-state index in [-0.39, 0.29) is 5.91 Å². The molecule has 6 nitrogen and oxygen atoms in total. The van der Waals surface area contributed by atoms with E-state index < -0.39 is 0 Å². The van der Waals surface area contributed by atoms with Crippen molar-refractivity contribution in [2.75, 3.05) is 32.1 Å². The molecular weight excluding hydrogens is 352 g/mol. The van der Waals surface area contributed by atoms with Crippen LogP contribution in [-0.4, -0.2) is 42.7 Å². The number of hydrogen-bond acceptors (Lipinski definition) is 5. The van der Waals surface area contributed by atoms with Gasteiger partial charge in [0.15, 0.2) is 5.82 Å². The van der Waals surface area contributed by atoms with Gasteiger partial charge in [-0.15, -0.1) is 0 Å². The molecule has 0 radical (unpaired) electrons. The van der Waals surface area contributed by atoms with Crippen LogP contribution in [0.2, 0.25) is 0 Å². The molecular formula is C22H28N4O2. The Kier molecular flexibility index (Phi) is 7.55. The van der Waals surface area contributed by atoms with Gasteiger partial charge in [-0.05, 0) is 32.1 Å². The molecule has 0 fully saturated rings. The predicted molar refractivity (Wildman–Crippen MR) is 111 cm³/mol. The van der Waals surface area contributed by atoms with Crippen LogP contribution in [0.1, 0.15) is 42.6 Å². The van der Waals surface area contributed by atoms with Crippen molar-refractivity contribution in [3.8, 4) is 11.4 Å². The van der Waals surface area contributed by atoms with Crippen molar-refractivity contribution >= 4 is 11.7 Å². The van der Waals surface area contributed by atoms with Gasteiger partial charge >= 0.3 is 0 Å². The van der Waals surface area contributed by atoms with Crippen LogP contribution in [0.25, 0.3) is 11.4 Å². The maximum atomic E-state index is 12.7. The summed E-state index contributed by atoms with van der Waals surface area (Å²) in [6.07, 6.45) is 8.05. The van der Waals surface area contributed by atoms with E-state index in [1.54, 1.807) is 13.2 Å². The van der Waals surface area contributed by atoms with Crippen LogP contribution in [0.5, 0.6) is 0 Å². The molecule has 1 aromatic heterocycles. The normalized spacial score (nSPS) is 13.7. The Bertz CT molecular complexity index is 805. The number of amides is 1. The van der Waals surface area contributed by atoms with Crippen LogP contribution < -0.4 is 10.6 Å². The minimum Gasteiger partial charge on any atom is -0.383 e. The van der Waals surface area contributed by atoms with E-state index in [4.69, 9.17) is 4.74 Å². The van der Waals surface area contributed by atoms with Gasteiger partial charge in [0.1, 0.15) is 11.5 Å². The number of carbonyl (C=O) groups excluding carboxylic acids is 1. The zero-order chi connectivity index (χ0) is 19.6. The molecule has 6 heteroatoms. The predicted octanol–water partition coefficient (Wildman–Crippen LogP) is 3.82. The maximum absolute atomic E-state index is 12.7. The Morgan fingerprint density at radius 2 is 2.00 bits per heavy atom. The average molecular weight is 380 g/mol. The first kappa shape index (κ1) is 20.0. The first-order valence-electron chi connectivity index (χ1n) is 9.89. The van der Waals surface area contributed by atoms with E-state index in [0.717, 1.165) is 24.8 Å². The van der Waals surface area contributed by atoms with Gasteiger partial charge in [0.25, 0.3) is 5.91 Å². The summed E-state index contributed by atoms with van der Waals surface area (Å²) in [5.74, 6) is 0.972. The highest BCUT2D eigenvalue weighted by atomic mass is 16.5. The maximum Gasteiger partial charge on any atom is 0.270 e. The van der Waals surface area contributed by atoms with Gasteiger partial charge in [-0.25, -0.2) is 9.97 Å². The number of anilines is 1. The fraction of sp³-hybridized carbons (Fsp3) is 0.409. The summed E-state index contributed by atoms with van der Waals surface area (Å²) in [5.41, 5.74) is 2.69. The summed E-state index contributed by atoms with van der Waals surface area (Å²) >= 11 is 0. The van der Waals surface area contributed by atoms with Crippen molar-refractivity contribution in [1.29, 1.82) is 0 Å². The second-order valence-electron chi connectivity index (χ2n) is 6.86. The van der Waals surface area contributed by atoms with Crippen molar-refractivity contribution in [2.24, 2.45) is 0 Å². The molecule has 28 heavy (non-hydrogen) atoms. The van der Waals surface area contributed by atoms with Gasteiger partial charge in [0, 0.05) is 31.8 Å². The van der Waals surface area contributed by atoms with Gasteiger partial charge in [-0.3, -0.25) is 4.79 Å². The van der Waals surface area contributed by atoms with Gasteiger partial charge in [0.2, 0.25) is 0 Å². The number of rotatable bonds is 9. The van der Waals surface area contributed by atoms with Gasteiger partial charge in [0.05, 0.1) is 6.61 Å². The first-order chi connectivity index (χ1) is 13.8. The highest BCUT2D eigenvalue weighted by Crippen LogP contribution is 2.20. The lowest BCUT2D eigenvalue weighted by Crippen LogP contribution is -2.26. The Morgan fingerprint density at radius 1 is 1.14 bits per heavy atom. The number of allylic oxidation sites excluding steroid dienone is 1. The molecule has 0 saturated heterocycles. The first-order valence-corrected chi connectivity index (χ1v) is 9.89. The number of aromatic nitrogens is 2. The van der Waals surface area contributed by atoms with Crippen LogP contribution in [0.3, 0.4) is 0 Å². The fourth-order valence-corrected chi connectivity index (χ4v) is 3.21. The number of nitrogens with one attached hydrogen (secondary N) is 2. The monoisotopic (exact) mass is 380 g/mol. The SMILES string of the molecule is COCCNc1cc(C(=O)NCCC2=CCCCC2)nc(-c2ccccc2)n1. The molecule has 0 unspecified atom stereocenters. The molecule has 0 bridgehead atoms. The summed E-state index contributed by atoms with van der Waals surface area (Å²) in [7, 11) is 1.65. The van der Waals surface area contributed by atoms with Crippen molar-refractivity contribution in [3.63, 3.8) is 0 Å². The van der Waals surface area contributed by atoms with Gasteiger partial charge in [-0.2, -0.15) is 0 Å². The van der Waals surface area contributed by atoms with E-state index in [0.29, 0.717) is 37.0 Å². The van der Waals surface area contributed by atoms with Crippen molar-refractivity contribution in [2.45, 2.75) is 32.1 Å². The van der Waals surface area contributed by atoms with Crippen LogP contribution in [-0.2, 0) is 4.74 Å². The third-order valence-electron chi connectivity index (χ3n) is 4.72. The highest BCUT2D eigenvalue weighted by molar-refractivity contribution is 5.93. The Morgan fingerprint density at radius 3 is 2.75 bits per heavy atom. The summed E-state index contributed by atoms with van der Waals surface area (Å²) < 4.78 is 5.08. The lowest BCUT2D eigenvalue weighted by molar-refractivity contribution is 0.0949. The second kappa shape index (κ2) is 10.6. The minimum atomic E-state index is -0.175. The number of ether oxygens (including phenoxy) is 1. The molecule has 0 saturated carbocycles. The quantitative estimate of drug-likeness (QED) is 0.511. The average Bonchev–Trinajstić information content (AvgIpc) is 2.75. The number of carbonyl (C=O) groups is 1. The summed E-state index contributed by atoms with van der Waals surface area (Å²) in [6.45, 7) is 1.79. The Labute approximate surface area is 166 Å². The zero-order valence-corrected chi connectivity index (χ0v) is 16.4. The molecule has 1 aliphatic carbocycles. The van der Waals surface area contributed by atoms with Crippen LogP contribution in [0.4, 0.5) is 5.82 Å². The molecule has 0 aliphatic heterocycles. The largest absolute Gasteiger partial charge is 0.383 e. The Hall–Kier alpha value is -2.73. The van der Waals surface area contributed by atoms with E-state index in [1.807, 2.05) is 30.3 Å². The molecule has 0 spiro atoms. The number of benzene rings is 1. The van der Waals surface area contributed by atoms with E-state index >= 15 is 0 Å². The summed E-state index contributed by atoms with van der Waals surface area (Å²) in [6, 6.07) is 11.4. The lowest BCUT2D eigenvalue weighted by Gasteiger charge is -2.13. The molecule has 2 N–H and O–H groups in total. The smallest absolute Gasteiger partial charge is 0.270 e. The standard InChI is InChI=1S/C22H28N4O2/c1-28-15-14-23-20-16-19(25-21(26-20)18-10-6-3-7-11-18)22(27)24-13-12-17-8-4-2-5-9-17/h3,6-8,10-11,16H,2,4-5,9,12-15H2,1H3,(H,24,27)(H,23,25,26). The minimum absolute atomic E-state index is 0.175. The van der Waals surface area contributed by atoms with Gasteiger partial charge in [-0.1, -0.05) is 42.0 Å². The van der Waals surface area contributed by atoms with Gasteiger partial charge < -0.3 is 15.4 Å².